The molecule has 0 aliphatic carbocycles. The molecule has 10 heavy (non-hydrogen) atoms. The topological polar surface area (TPSA) is 55.1 Å². The van der Waals surface area contributed by atoms with E-state index in [1.165, 1.54) is 0 Å². The van der Waals surface area contributed by atoms with E-state index < -0.39 is 0 Å². The fourth-order valence-corrected chi connectivity index (χ4v) is 0.946. The molecule has 1 heterocycles. The van der Waals surface area contributed by atoms with Crippen molar-refractivity contribution in [2.45, 2.75) is 25.3 Å². The Labute approximate surface area is 66.8 Å². The SMILES string of the molecule is Cl.NC1CCNC(=O)CC1. The maximum atomic E-state index is 10.7. The Bertz CT molecular complexity index is 118. The number of nitrogens with two attached hydrogens (primary N) is 1. The molecule has 4 heteroatoms. The van der Waals surface area contributed by atoms with Crippen LogP contribution >= 0.6 is 12.4 Å². The van der Waals surface area contributed by atoms with Crippen molar-refractivity contribution in [3.8, 4) is 0 Å². The van der Waals surface area contributed by atoms with E-state index in [9.17, 15) is 4.79 Å². The van der Waals surface area contributed by atoms with Gasteiger partial charge >= 0.3 is 0 Å². The molecule has 0 radical (unpaired) electrons. The first-order valence-corrected chi connectivity index (χ1v) is 3.31. The lowest BCUT2D eigenvalue weighted by Crippen LogP contribution is -2.23. The summed E-state index contributed by atoms with van der Waals surface area (Å²) in [6.45, 7) is 0.750. The predicted octanol–water partition coefficient (Wildman–Crippen LogP) is 0.0356. The van der Waals surface area contributed by atoms with E-state index >= 15 is 0 Å². The van der Waals surface area contributed by atoms with Crippen LogP contribution in [-0.2, 0) is 4.79 Å². The van der Waals surface area contributed by atoms with Crippen molar-refractivity contribution in [2.24, 2.45) is 5.73 Å². The molecule has 0 saturated carbocycles. The summed E-state index contributed by atoms with van der Waals surface area (Å²) in [5.41, 5.74) is 5.60. The molecule has 3 nitrogen and oxygen atoms in total. The van der Waals surface area contributed by atoms with E-state index in [0.29, 0.717) is 6.42 Å². The van der Waals surface area contributed by atoms with Crippen LogP contribution in [0.1, 0.15) is 19.3 Å². The molecule has 1 saturated heterocycles. The zero-order valence-electron chi connectivity index (χ0n) is 5.80. The van der Waals surface area contributed by atoms with Crippen LogP contribution < -0.4 is 11.1 Å². The monoisotopic (exact) mass is 164 g/mol. The first-order chi connectivity index (χ1) is 4.29. The molecular formula is C6H13ClN2O. The highest BCUT2D eigenvalue weighted by molar-refractivity contribution is 5.85. The Morgan fingerprint density at radius 2 is 2.20 bits per heavy atom. The van der Waals surface area contributed by atoms with Crippen molar-refractivity contribution < 1.29 is 4.79 Å². The molecule has 1 fully saturated rings. The van der Waals surface area contributed by atoms with Crippen molar-refractivity contribution in [2.75, 3.05) is 6.54 Å². The van der Waals surface area contributed by atoms with E-state index in [2.05, 4.69) is 5.32 Å². The van der Waals surface area contributed by atoms with E-state index in [1.807, 2.05) is 0 Å². The highest BCUT2D eigenvalue weighted by Gasteiger charge is 2.10. The first kappa shape index (κ1) is 9.72. The molecule has 60 valence electrons. The Hall–Kier alpha value is -0.280. The molecule has 1 aliphatic heterocycles. The van der Waals surface area contributed by atoms with Gasteiger partial charge in [0.05, 0.1) is 0 Å². The van der Waals surface area contributed by atoms with Crippen molar-refractivity contribution in [3.63, 3.8) is 0 Å². The number of carbonyl (C=O) groups is 1. The maximum Gasteiger partial charge on any atom is 0.220 e. The molecule has 0 aromatic carbocycles. The summed E-state index contributed by atoms with van der Waals surface area (Å²) in [5.74, 6) is 0.142. The van der Waals surface area contributed by atoms with Crippen LogP contribution in [0.3, 0.4) is 0 Å². The van der Waals surface area contributed by atoms with Crippen LogP contribution in [0.4, 0.5) is 0 Å². The third-order valence-corrected chi connectivity index (χ3v) is 1.58. The van der Waals surface area contributed by atoms with Gasteiger partial charge in [-0.2, -0.15) is 0 Å². The van der Waals surface area contributed by atoms with E-state index in [1.54, 1.807) is 0 Å². The summed E-state index contributed by atoms with van der Waals surface area (Å²) in [5, 5.41) is 2.76. The van der Waals surface area contributed by atoms with Crippen molar-refractivity contribution in [1.29, 1.82) is 0 Å². The normalized spacial score (nSPS) is 26.1. The summed E-state index contributed by atoms with van der Waals surface area (Å²) in [6.07, 6.45) is 2.36. The molecule has 0 aromatic heterocycles. The second-order valence-corrected chi connectivity index (χ2v) is 2.44. The summed E-state index contributed by atoms with van der Waals surface area (Å²) >= 11 is 0. The van der Waals surface area contributed by atoms with E-state index in [0.717, 1.165) is 19.4 Å². The van der Waals surface area contributed by atoms with Gasteiger partial charge in [0.2, 0.25) is 5.91 Å². The zero-order chi connectivity index (χ0) is 6.69. The maximum absolute atomic E-state index is 10.7. The quantitative estimate of drug-likeness (QED) is 0.531. The van der Waals surface area contributed by atoms with Crippen LogP contribution in [0.2, 0.25) is 0 Å². The van der Waals surface area contributed by atoms with Crippen LogP contribution in [0.15, 0.2) is 0 Å². The smallest absolute Gasteiger partial charge is 0.220 e. The number of halogens is 1. The van der Waals surface area contributed by atoms with Crippen LogP contribution in [0, 0.1) is 0 Å². The fourth-order valence-electron chi connectivity index (χ4n) is 0.946. The van der Waals surface area contributed by atoms with Gasteiger partial charge in [-0.1, -0.05) is 0 Å². The van der Waals surface area contributed by atoms with Gasteiger partial charge in [-0.3, -0.25) is 4.79 Å². The van der Waals surface area contributed by atoms with Crippen LogP contribution in [-0.4, -0.2) is 18.5 Å². The minimum atomic E-state index is 0. The van der Waals surface area contributed by atoms with Gasteiger partial charge in [-0.05, 0) is 12.8 Å². The Morgan fingerprint density at radius 3 is 2.90 bits per heavy atom. The second-order valence-electron chi connectivity index (χ2n) is 2.44. The van der Waals surface area contributed by atoms with E-state index in [-0.39, 0.29) is 24.4 Å². The average Bonchev–Trinajstić information content (AvgIpc) is 1.97. The molecule has 1 rings (SSSR count). The Morgan fingerprint density at radius 1 is 1.50 bits per heavy atom. The Kier molecular flexibility index (Phi) is 4.40. The summed E-state index contributed by atoms with van der Waals surface area (Å²) in [4.78, 5) is 10.7. The van der Waals surface area contributed by atoms with Gasteiger partial charge in [0.1, 0.15) is 0 Å². The minimum absolute atomic E-state index is 0. The number of carbonyl (C=O) groups excluding carboxylic acids is 1. The van der Waals surface area contributed by atoms with Crippen LogP contribution in [0.5, 0.6) is 0 Å². The summed E-state index contributed by atoms with van der Waals surface area (Å²) in [6, 6.07) is 0.226. The Balaban J connectivity index is 0.000000810. The lowest BCUT2D eigenvalue weighted by molar-refractivity contribution is -0.120. The lowest BCUT2D eigenvalue weighted by Gasteiger charge is -2.02. The van der Waals surface area contributed by atoms with Crippen molar-refractivity contribution in [3.05, 3.63) is 0 Å². The summed E-state index contributed by atoms with van der Waals surface area (Å²) in [7, 11) is 0. The third kappa shape index (κ3) is 3.03. The molecule has 3 N–H and O–H groups in total. The molecule has 1 amide bonds. The van der Waals surface area contributed by atoms with Crippen molar-refractivity contribution in [1.82, 2.24) is 5.32 Å². The molecular weight excluding hydrogens is 152 g/mol. The number of nitrogens with one attached hydrogen (secondary N) is 1. The largest absolute Gasteiger partial charge is 0.356 e. The zero-order valence-corrected chi connectivity index (χ0v) is 6.62. The molecule has 1 unspecified atom stereocenters. The van der Waals surface area contributed by atoms with E-state index in [4.69, 9.17) is 5.73 Å². The molecule has 0 spiro atoms. The van der Waals surface area contributed by atoms with Gasteiger partial charge in [-0.25, -0.2) is 0 Å². The van der Waals surface area contributed by atoms with Crippen molar-refractivity contribution >= 4 is 18.3 Å². The van der Waals surface area contributed by atoms with Gasteiger partial charge in [0.25, 0.3) is 0 Å². The summed E-state index contributed by atoms with van der Waals surface area (Å²) < 4.78 is 0. The van der Waals surface area contributed by atoms with Gasteiger partial charge < -0.3 is 11.1 Å². The number of rotatable bonds is 0. The lowest BCUT2D eigenvalue weighted by atomic mass is 10.1. The second kappa shape index (κ2) is 4.52. The molecule has 1 aliphatic rings. The van der Waals surface area contributed by atoms with Gasteiger partial charge in [0.15, 0.2) is 0 Å². The van der Waals surface area contributed by atoms with Crippen LogP contribution in [0.25, 0.3) is 0 Å². The van der Waals surface area contributed by atoms with Gasteiger partial charge in [0, 0.05) is 19.0 Å². The number of hydrogen-bond acceptors (Lipinski definition) is 2. The first-order valence-electron chi connectivity index (χ1n) is 3.31. The molecule has 0 aromatic rings. The highest BCUT2D eigenvalue weighted by Crippen LogP contribution is 2.01. The standard InChI is InChI=1S/C6H12N2O.ClH/c7-5-1-2-6(9)8-4-3-5;/h5H,1-4,7H2,(H,8,9);1H. The molecule has 0 bridgehead atoms. The predicted molar refractivity (Wildman–Crippen MR) is 42.1 cm³/mol. The average molecular weight is 165 g/mol. The third-order valence-electron chi connectivity index (χ3n) is 1.58. The highest BCUT2D eigenvalue weighted by atomic mass is 35.5. The fraction of sp³-hybridized carbons (Fsp3) is 0.833. The number of amides is 1. The number of hydrogen-bond donors (Lipinski definition) is 2. The van der Waals surface area contributed by atoms with Gasteiger partial charge in [-0.15, -0.1) is 12.4 Å². The minimum Gasteiger partial charge on any atom is -0.356 e. The molecule has 1 atom stereocenters.